The van der Waals surface area contributed by atoms with Crippen molar-refractivity contribution >= 4 is 0 Å². The Bertz CT molecular complexity index is 217. The Kier molecular flexibility index (Phi) is 5.39. The highest BCUT2D eigenvalue weighted by Crippen LogP contribution is 2.19. The molecule has 0 bridgehead atoms. The van der Waals surface area contributed by atoms with Gasteiger partial charge in [-0.05, 0) is 25.8 Å². The summed E-state index contributed by atoms with van der Waals surface area (Å²) >= 11 is 0. The van der Waals surface area contributed by atoms with Gasteiger partial charge in [-0.3, -0.25) is 0 Å². The van der Waals surface area contributed by atoms with Crippen molar-refractivity contribution in [2.45, 2.75) is 33.6 Å². The van der Waals surface area contributed by atoms with Crippen LogP contribution in [0.4, 0.5) is 4.39 Å². The summed E-state index contributed by atoms with van der Waals surface area (Å²) < 4.78 is 13.3. The molecule has 0 heterocycles. The Morgan fingerprint density at radius 3 is 2.31 bits per heavy atom. The zero-order valence-electron chi connectivity index (χ0n) is 8.89. The van der Waals surface area contributed by atoms with E-state index < -0.39 is 0 Å². The molecule has 2 N–H and O–H groups in total. The van der Waals surface area contributed by atoms with E-state index in [9.17, 15) is 4.39 Å². The Hall–Kier alpha value is -0.830. The van der Waals surface area contributed by atoms with Gasteiger partial charge in [0.2, 0.25) is 0 Å². The second-order valence-corrected chi connectivity index (χ2v) is 3.00. The van der Waals surface area contributed by atoms with E-state index in [4.69, 9.17) is 5.84 Å². The summed E-state index contributed by atoms with van der Waals surface area (Å²) in [5, 5.41) is 1.47. The van der Waals surface area contributed by atoms with Crippen LogP contribution in [0.1, 0.15) is 33.6 Å². The first-order chi connectivity index (χ1) is 6.04. The summed E-state index contributed by atoms with van der Waals surface area (Å²) in [5.41, 5.74) is 1.47. The Labute approximate surface area is 79.9 Å². The summed E-state index contributed by atoms with van der Waals surface area (Å²) in [6.45, 7) is 5.62. The van der Waals surface area contributed by atoms with Gasteiger partial charge in [-0.1, -0.05) is 13.8 Å². The molecular weight excluding hydrogens is 167 g/mol. The van der Waals surface area contributed by atoms with E-state index in [2.05, 4.69) is 0 Å². The number of hydrazine groups is 1. The van der Waals surface area contributed by atoms with E-state index in [-0.39, 0.29) is 5.83 Å². The van der Waals surface area contributed by atoms with Crippen LogP contribution in [0.25, 0.3) is 0 Å². The van der Waals surface area contributed by atoms with Crippen molar-refractivity contribution in [1.29, 1.82) is 0 Å². The Morgan fingerprint density at radius 2 is 2.00 bits per heavy atom. The van der Waals surface area contributed by atoms with Crippen LogP contribution in [-0.2, 0) is 0 Å². The maximum absolute atomic E-state index is 13.3. The maximum Gasteiger partial charge on any atom is 0.123 e. The first-order valence-corrected chi connectivity index (χ1v) is 4.58. The van der Waals surface area contributed by atoms with Gasteiger partial charge in [-0.2, -0.15) is 0 Å². The van der Waals surface area contributed by atoms with Crippen LogP contribution >= 0.6 is 0 Å². The third-order valence-electron chi connectivity index (χ3n) is 1.94. The fraction of sp³-hybridized carbons (Fsp3) is 0.600. The monoisotopic (exact) mass is 186 g/mol. The average Bonchev–Trinajstić information content (AvgIpc) is 2.05. The number of hydrogen-bond donors (Lipinski definition) is 1. The van der Waals surface area contributed by atoms with Gasteiger partial charge in [0, 0.05) is 18.3 Å². The third kappa shape index (κ3) is 3.59. The fourth-order valence-electron chi connectivity index (χ4n) is 1.25. The van der Waals surface area contributed by atoms with Crippen molar-refractivity contribution < 1.29 is 4.39 Å². The molecule has 2 nitrogen and oxygen atoms in total. The van der Waals surface area contributed by atoms with Gasteiger partial charge in [-0.15, -0.1) is 0 Å². The lowest BCUT2D eigenvalue weighted by Crippen LogP contribution is -2.26. The summed E-state index contributed by atoms with van der Waals surface area (Å²) in [6.07, 6.45) is 3.01. The van der Waals surface area contributed by atoms with E-state index in [1.54, 1.807) is 20.0 Å². The molecule has 0 aromatic rings. The quantitative estimate of drug-likeness (QED) is 0.415. The van der Waals surface area contributed by atoms with Crippen molar-refractivity contribution in [1.82, 2.24) is 5.01 Å². The second-order valence-electron chi connectivity index (χ2n) is 3.00. The number of hydrogen-bond acceptors (Lipinski definition) is 2. The molecule has 0 amide bonds. The molecule has 0 aliphatic carbocycles. The molecule has 13 heavy (non-hydrogen) atoms. The van der Waals surface area contributed by atoms with E-state index >= 15 is 0 Å². The van der Waals surface area contributed by atoms with Crippen LogP contribution in [0, 0.1) is 0 Å². The lowest BCUT2D eigenvalue weighted by atomic mass is 10.1. The number of rotatable bonds is 4. The van der Waals surface area contributed by atoms with Crippen LogP contribution in [0.2, 0.25) is 0 Å². The van der Waals surface area contributed by atoms with Crippen LogP contribution in [0.5, 0.6) is 0 Å². The maximum atomic E-state index is 13.3. The normalized spacial score (nSPS) is 14.2. The summed E-state index contributed by atoms with van der Waals surface area (Å²) in [7, 11) is 1.72. The summed E-state index contributed by atoms with van der Waals surface area (Å²) in [5.74, 6) is 5.39. The lowest BCUT2D eigenvalue weighted by molar-refractivity contribution is 0.418. The molecule has 0 spiro atoms. The molecule has 0 aliphatic rings. The smallest absolute Gasteiger partial charge is 0.123 e. The van der Waals surface area contributed by atoms with E-state index in [0.29, 0.717) is 12.0 Å². The fourth-order valence-corrected chi connectivity index (χ4v) is 1.25. The van der Waals surface area contributed by atoms with Crippen LogP contribution in [0.3, 0.4) is 0 Å². The molecule has 0 aromatic heterocycles. The minimum Gasteiger partial charge on any atom is -0.318 e. The molecule has 0 fully saturated rings. The molecule has 0 saturated heterocycles. The van der Waals surface area contributed by atoms with Crippen molar-refractivity contribution in [3.8, 4) is 0 Å². The van der Waals surface area contributed by atoms with Crippen LogP contribution in [-0.4, -0.2) is 12.1 Å². The third-order valence-corrected chi connectivity index (χ3v) is 1.94. The number of allylic oxidation sites excluding steroid dienone is 4. The number of halogens is 1. The predicted molar refractivity (Wildman–Crippen MR) is 54.4 cm³/mol. The van der Waals surface area contributed by atoms with Gasteiger partial charge in [0.25, 0.3) is 0 Å². The molecule has 3 heteroatoms. The zero-order chi connectivity index (χ0) is 10.4. The molecule has 76 valence electrons. The number of nitrogens with two attached hydrogens (primary N) is 1. The van der Waals surface area contributed by atoms with Crippen LogP contribution in [0.15, 0.2) is 23.2 Å². The summed E-state index contributed by atoms with van der Waals surface area (Å²) in [4.78, 5) is 0. The topological polar surface area (TPSA) is 29.3 Å². The van der Waals surface area contributed by atoms with Crippen molar-refractivity contribution in [2.24, 2.45) is 5.84 Å². The standard InChI is InChI=1S/C10H19FN2/c1-5-7-9(11)8(3)10(6-2)13(4)12/h7H,5-6,12H2,1-4H3/b9-7+,10-8+. The van der Waals surface area contributed by atoms with E-state index in [1.165, 1.54) is 5.01 Å². The Balaban J connectivity index is 4.85. The Morgan fingerprint density at radius 1 is 1.46 bits per heavy atom. The highest BCUT2D eigenvalue weighted by Gasteiger charge is 2.06. The molecular formula is C10H19FN2. The van der Waals surface area contributed by atoms with Gasteiger partial charge < -0.3 is 5.01 Å². The number of nitrogens with zero attached hydrogens (tertiary/aromatic N) is 1. The SMILES string of the molecule is CC/C=C(F)\C(C)=C(/CC)N(C)N. The molecule has 0 aromatic carbocycles. The van der Waals surface area contributed by atoms with Gasteiger partial charge in [-0.25, -0.2) is 10.2 Å². The minimum absolute atomic E-state index is 0.170. The molecule has 0 rings (SSSR count). The van der Waals surface area contributed by atoms with Crippen molar-refractivity contribution in [3.63, 3.8) is 0 Å². The first-order valence-electron chi connectivity index (χ1n) is 4.58. The van der Waals surface area contributed by atoms with Crippen molar-refractivity contribution in [2.75, 3.05) is 7.05 Å². The highest BCUT2D eigenvalue weighted by atomic mass is 19.1. The van der Waals surface area contributed by atoms with Gasteiger partial charge in [0.05, 0.1) is 0 Å². The molecule has 0 aliphatic heterocycles. The van der Waals surface area contributed by atoms with Gasteiger partial charge in [0.15, 0.2) is 0 Å². The zero-order valence-corrected chi connectivity index (χ0v) is 8.89. The minimum atomic E-state index is -0.170. The lowest BCUT2D eigenvalue weighted by Gasteiger charge is -2.17. The second kappa shape index (κ2) is 5.75. The molecule has 0 radical (unpaired) electrons. The molecule has 0 saturated carbocycles. The molecule has 0 atom stereocenters. The summed E-state index contributed by atoms with van der Waals surface area (Å²) in [6, 6.07) is 0. The van der Waals surface area contributed by atoms with Crippen molar-refractivity contribution in [3.05, 3.63) is 23.2 Å². The van der Waals surface area contributed by atoms with Crippen LogP contribution < -0.4 is 5.84 Å². The van der Waals surface area contributed by atoms with Gasteiger partial charge in [0.1, 0.15) is 5.83 Å². The van der Waals surface area contributed by atoms with E-state index in [1.807, 2.05) is 13.8 Å². The predicted octanol–water partition coefficient (Wildman–Crippen LogP) is 2.74. The highest BCUT2D eigenvalue weighted by molar-refractivity contribution is 5.27. The van der Waals surface area contributed by atoms with Gasteiger partial charge >= 0.3 is 0 Å². The average molecular weight is 186 g/mol. The first kappa shape index (κ1) is 12.2. The largest absolute Gasteiger partial charge is 0.318 e. The molecule has 0 unspecified atom stereocenters. The van der Waals surface area contributed by atoms with E-state index in [0.717, 1.165) is 12.1 Å².